The van der Waals surface area contributed by atoms with Crippen LogP contribution in [0.25, 0.3) is 0 Å². The lowest BCUT2D eigenvalue weighted by Gasteiger charge is -2.18. The van der Waals surface area contributed by atoms with Gasteiger partial charge in [-0.3, -0.25) is 9.59 Å². The summed E-state index contributed by atoms with van der Waals surface area (Å²) >= 11 is 0. The summed E-state index contributed by atoms with van der Waals surface area (Å²) in [5.74, 6) is -0.470. The molecule has 0 amide bonds. The fourth-order valence-electron chi connectivity index (χ4n) is 7.66. The maximum atomic E-state index is 12.8. The minimum atomic E-state index is -0.570. The van der Waals surface area contributed by atoms with Crippen molar-refractivity contribution >= 4 is 11.9 Å². The van der Waals surface area contributed by atoms with Crippen molar-refractivity contribution in [3.8, 4) is 0 Å². The van der Waals surface area contributed by atoms with Crippen LogP contribution in [0.4, 0.5) is 0 Å². The van der Waals surface area contributed by atoms with Gasteiger partial charge in [-0.1, -0.05) is 241 Å². The van der Waals surface area contributed by atoms with Gasteiger partial charge in [0.1, 0.15) is 6.61 Å². The van der Waals surface area contributed by atoms with Crippen molar-refractivity contribution in [2.45, 2.75) is 271 Å². The van der Waals surface area contributed by atoms with Gasteiger partial charge in [-0.05, 0) is 83.5 Å². The highest BCUT2D eigenvalue weighted by molar-refractivity contribution is 5.70. The number of rotatable bonds is 50. The standard InChI is InChI=1S/C59H104O5/c1-4-7-10-13-16-19-22-25-28-30-32-35-38-41-44-47-50-53-59(61)64-57(55-62-54-51-48-45-42-39-36-33-29-26-23-20-17-14-11-8-5-2)56-63-58(60)52-49-46-43-40-37-34-31-27-24-21-18-15-12-9-6-3/h9,12,18,21,25,27-28,31-32,35,41,44,57H,4-8,10-11,13-17,19-20,22-24,26,29-30,33-34,36-40,42-43,45-56H2,1-3H3/b12-9-,21-18-,28-25-,31-27-,35-32-,44-41-/t57-/m1/s1. The van der Waals surface area contributed by atoms with Crippen LogP contribution in [0.15, 0.2) is 72.9 Å². The van der Waals surface area contributed by atoms with E-state index in [-0.39, 0.29) is 25.2 Å². The topological polar surface area (TPSA) is 61.8 Å². The van der Waals surface area contributed by atoms with Gasteiger partial charge in [0.15, 0.2) is 6.10 Å². The normalized spacial score (nSPS) is 12.7. The Bertz CT molecular complexity index is 1150. The Morgan fingerprint density at radius 1 is 0.359 bits per heavy atom. The molecule has 0 rings (SSSR count). The highest BCUT2D eigenvalue weighted by Gasteiger charge is 2.17. The second-order valence-electron chi connectivity index (χ2n) is 18.1. The molecule has 0 radical (unpaired) electrons. The van der Waals surface area contributed by atoms with Gasteiger partial charge >= 0.3 is 11.9 Å². The van der Waals surface area contributed by atoms with Crippen molar-refractivity contribution in [1.29, 1.82) is 0 Å². The van der Waals surface area contributed by atoms with Crippen LogP contribution in [0.3, 0.4) is 0 Å². The van der Waals surface area contributed by atoms with Gasteiger partial charge in [0.05, 0.1) is 6.61 Å². The van der Waals surface area contributed by atoms with Crippen LogP contribution in [0.1, 0.15) is 265 Å². The highest BCUT2D eigenvalue weighted by Crippen LogP contribution is 2.15. The van der Waals surface area contributed by atoms with Crippen LogP contribution in [0.5, 0.6) is 0 Å². The van der Waals surface area contributed by atoms with Gasteiger partial charge in [0, 0.05) is 19.4 Å². The number of allylic oxidation sites excluding steroid dienone is 12. The number of unbranched alkanes of at least 4 members (excludes halogenated alkanes) is 27. The molecule has 5 heteroatoms. The summed E-state index contributed by atoms with van der Waals surface area (Å²) in [6.07, 6.45) is 70.7. The lowest BCUT2D eigenvalue weighted by molar-refractivity contribution is -0.162. The van der Waals surface area contributed by atoms with E-state index >= 15 is 0 Å². The highest BCUT2D eigenvalue weighted by atomic mass is 16.6. The molecule has 0 aliphatic rings. The van der Waals surface area contributed by atoms with Crippen molar-refractivity contribution in [1.82, 2.24) is 0 Å². The second kappa shape index (κ2) is 54.7. The average Bonchev–Trinajstić information content (AvgIpc) is 3.30. The van der Waals surface area contributed by atoms with E-state index in [0.717, 1.165) is 83.5 Å². The molecular formula is C59H104O5. The van der Waals surface area contributed by atoms with E-state index in [1.807, 2.05) is 0 Å². The summed E-state index contributed by atoms with van der Waals surface area (Å²) in [5, 5.41) is 0. The first kappa shape index (κ1) is 61.3. The number of hydrogen-bond donors (Lipinski definition) is 0. The fourth-order valence-corrected chi connectivity index (χ4v) is 7.66. The van der Waals surface area contributed by atoms with Crippen LogP contribution < -0.4 is 0 Å². The fraction of sp³-hybridized carbons (Fsp3) is 0.763. The van der Waals surface area contributed by atoms with Crippen LogP contribution in [-0.2, 0) is 23.8 Å². The Hall–Kier alpha value is -2.66. The van der Waals surface area contributed by atoms with Gasteiger partial charge in [-0.2, -0.15) is 0 Å². The van der Waals surface area contributed by atoms with E-state index in [9.17, 15) is 9.59 Å². The maximum Gasteiger partial charge on any atom is 0.306 e. The zero-order valence-corrected chi connectivity index (χ0v) is 42.5. The lowest BCUT2D eigenvalue weighted by Crippen LogP contribution is -2.30. The summed E-state index contributed by atoms with van der Waals surface area (Å²) < 4.78 is 17.4. The molecule has 0 aliphatic heterocycles. The largest absolute Gasteiger partial charge is 0.462 e. The molecule has 0 aliphatic carbocycles. The molecule has 0 aromatic heterocycles. The smallest absolute Gasteiger partial charge is 0.306 e. The third-order valence-electron chi connectivity index (χ3n) is 11.7. The molecule has 0 N–H and O–H groups in total. The molecular weight excluding hydrogens is 789 g/mol. The summed E-state index contributed by atoms with van der Waals surface area (Å²) in [4.78, 5) is 25.4. The summed E-state index contributed by atoms with van der Waals surface area (Å²) in [5.41, 5.74) is 0. The number of hydrogen-bond acceptors (Lipinski definition) is 5. The van der Waals surface area contributed by atoms with Crippen molar-refractivity contribution in [3.05, 3.63) is 72.9 Å². The molecule has 0 aromatic rings. The van der Waals surface area contributed by atoms with Crippen LogP contribution in [0, 0.1) is 0 Å². The maximum absolute atomic E-state index is 12.8. The van der Waals surface area contributed by atoms with Crippen molar-refractivity contribution < 1.29 is 23.8 Å². The average molecular weight is 893 g/mol. The molecule has 0 bridgehead atoms. The number of carbonyl (C=O) groups excluding carboxylic acids is 2. The zero-order valence-electron chi connectivity index (χ0n) is 42.5. The minimum absolute atomic E-state index is 0.0565. The molecule has 0 unspecified atom stereocenters. The molecule has 5 nitrogen and oxygen atoms in total. The van der Waals surface area contributed by atoms with Gasteiger partial charge < -0.3 is 14.2 Å². The summed E-state index contributed by atoms with van der Waals surface area (Å²) in [6, 6.07) is 0. The third kappa shape index (κ3) is 52.0. The van der Waals surface area contributed by atoms with Crippen LogP contribution in [-0.4, -0.2) is 37.9 Å². The zero-order chi connectivity index (χ0) is 46.3. The second-order valence-corrected chi connectivity index (χ2v) is 18.1. The minimum Gasteiger partial charge on any atom is -0.462 e. The van der Waals surface area contributed by atoms with E-state index in [1.54, 1.807) is 0 Å². The van der Waals surface area contributed by atoms with Crippen molar-refractivity contribution in [2.75, 3.05) is 19.8 Å². The van der Waals surface area contributed by atoms with Crippen LogP contribution >= 0.6 is 0 Å². The van der Waals surface area contributed by atoms with E-state index in [2.05, 4.69) is 93.7 Å². The van der Waals surface area contributed by atoms with E-state index < -0.39 is 6.10 Å². The number of carbonyl (C=O) groups is 2. The quantitative estimate of drug-likeness (QED) is 0.0346. The molecule has 0 saturated carbocycles. The molecule has 0 fully saturated rings. The van der Waals surface area contributed by atoms with Gasteiger partial charge in [0.25, 0.3) is 0 Å². The Morgan fingerprint density at radius 2 is 0.719 bits per heavy atom. The SMILES string of the molecule is CC/C=C\C/C=C\C/C=C\CCCCCCCC(=O)OC[C@@H](COCCCCCCCCCCCCCCCCCC)OC(=O)CCC/C=C\C/C=C\C/C=C\CCCCCCCC. The predicted molar refractivity (Wildman–Crippen MR) is 279 cm³/mol. The van der Waals surface area contributed by atoms with E-state index in [1.165, 1.54) is 148 Å². The predicted octanol–water partition coefficient (Wildman–Crippen LogP) is 18.7. The Labute approximate surface area is 397 Å². The molecule has 0 spiro atoms. The third-order valence-corrected chi connectivity index (χ3v) is 11.7. The van der Waals surface area contributed by atoms with E-state index in [0.29, 0.717) is 19.4 Å². The van der Waals surface area contributed by atoms with Crippen molar-refractivity contribution in [3.63, 3.8) is 0 Å². The van der Waals surface area contributed by atoms with Gasteiger partial charge in [-0.25, -0.2) is 0 Å². The van der Waals surface area contributed by atoms with Gasteiger partial charge in [-0.15, -0.1) is 0 Å². The van der Waals surface area contributed by atoms with Gasteiger partial charge in [0.2, 0.25) is 0 Å². The molecule has 0 heterocycles. The number of esters is 2. The van der Waals surface area contributed by atoms with Crippen molar-refractivity contribution in [2.24, 2.45) is 0 Å². The Balaban J connectivity index is 4.36. The molecule has 0 aromatic carbocycles. The monoisotopic (exact) mass is 893 g/mol. The molecule has 370 valence electrons. The Kier molecular flexibility index (Phi) is 52.4. The summed E-state index contributed by atoms with van der Waals surface area (Å²) in [6.45, 7) is 7.67. The Morgan fingerprint density at radius 3 is 1.17 bits per heavy atom. The number of ether oxygens (including phenoxy) is 3. The molecule has 0 saturated heterocycles. The summed E-state index contributed by atoms with van der Waals surface area (Å²) in [7, 11) is 0. The first-order valence-electron chi connectivity index (χ1n) is 27.5. The first-order chi connectivity index (χ1) is 31.6. The van der Waals surface area contributed by atoms with Crippen LogP contribution in [0.2, 0.25) is 0 Å². The van der Waals surface area contributed by atoms with E-state index in [4.69, 9.17) is 14.2 Å². The molecule has 64 heavy (non-hydrogen) atoms. The lowest BCUT2D eigenvalue weighted by atomic mass is 10.0. The first-order valence-corrected chi connectivity index (χ1v) is 27.5. The molecule has 1 atom stereocenters.